The van der Waals surface area contributed by atoms with Gasteiger partial charge in [-0.05, 0) is 23.6 Å². The molecule has 0 saturated carbocycles. The van der Waals surface area contributed by atoms with Crippen molar-refractivity contribution < 1.29 is 14.7 Å². The van der Waals surface area contributed by atoms with Crippen molar-refractivity contribution in [3.63, 3.8) is 0 Å². The number of H-pyrrole nitrogens is 2. The normalized spacial score (nSPS) is 12.4. The highest BCUT2D eigenvalue weighted by atomic mass is 16.4. The average Bonchev–Trinajstić information content (AvgIpc) is 3.21. The molecular weight excluding hydrogens is 320 g/mol. The van der Waals surface area contributed by atoms with Crippen LogP contribution in [0.4, 0.5) is 0 Å². The van der Waals surface area contributed by atoms with Crippen LogP contribution in [0.2, 0.25) is 0 Å². The van der Waals surface area contributed by atoms with E-state index in [0.717, 1.165) is 22.2 Å². The van der Waals surface area contributed by atoms with Crippen LogP contribution < -0.4 is 5.32 Å². The van der Waals surface area contributed by atoms with E-state index in [-0.39, 0.29) is 18.0 Å². The Morgan fingerprint density at radius 2 is 2.04 bits per heavy atom. The molecule has 0 radical (unpaired) electrons. The fraction of sp³-hybridized carbons (Fsp3) is 0.278. The van der Waals surface area contributed by atoms with Crippen LogP contribution in [0.1, 0.15) is 41.5 Å². The van der Waals surface area contributed by atoms with Gasteiger partial charge in [-0.2, -0.15) is 5.10 Å². The minimum absolute atomic E-state index is 0.187. The lowest BCUT2D eigenvalue weighted by molar-refractivity contribution is -0.139. The SMILES string of the molecule is CC(C)c1cc(C(=O)NC(Cc2c[nH]c3ccccc23)C(=O)O)n[nH]1. The predicted molar refractivity (Wildman–Crippen MR) is 93.6 cm³/mol. The second kappa shape index (κ2) is 6.80. The number of benzene rings is 1. The Hall–Kier alpha value is -3.09. The molecule has 7 heteroatoms. The largest absolute Gasteiger partial charge is 0.480 e. The number of hydrogen-bond donors (Lipinski definition) is 4. The van der Waals surface area contributed by atoms with Crippen molar-refractivity contribution in [3.05, 3.63) is 53.5 Å². The van der Waals surface area contributed by atoms with Gasteiger partial charge < -0.3 is 15.4 Å². The summed E-state index contributed by atoms with van der Waals surface area (Å²) >= 11 is 0. The Morgan fingerprint density at radius 1 is 1.28 bits per heavy atom. The van der Waals surface area contributed by atoms with Crippen molar-refractivity contribution in [1.82, 2.24) is 20.5 Å². The van der Waals surface area contributed by atoms with E-state index in [1.165, 1.54) is 0 Å². The van der Waals surface area contributed by atoms with E-state index in [2.05, 4.69) is 20.5 Å². The molecule has 3 rings (SSSR count). The molecule has 1 amide bonds. The number of rotatable bonds is 6. The number of aliphatic carboxylic acids is 1. The fourth-order valence-electron chi connectivity index (χ4n) is 2.70. The number of aromatic amines is 2. The number of carbonyl (C=O) groups excluding carboxylic acids is 1. The van der Waals surface area contributed by atoms with Gasteiger partial charge in [-0.1, -0.05) is 32.0 Å². The number of carbonyl (C=O) groups is 2. The minimum Gasteiger partial charge on any atom is -0.480 e. The number of nitrogens with zero attached hydrogens (tertiary/aromatic N) is 1. The van der Waals surface area contributed by atoms with Gasteiger partial charge >= 0.3 is 5.97 Å². The van der Waals surface area contributed by atoms with Crippen LogP contribution in [0, 0.1) is 0 Å². The number of nitrogens with one attached hydrogen (secondary N) is 3. The third kappa shape index (κ3) is 3.55. The Kier molecular flexibility index (Phi) is 4.56. The van der Waals surface area contributed by atoms with E-state index in [9.17, 15) is 14.7 Å². The zero-order valence-electron chi connectivity index (χ0n) is 14.0. The number of para-hydroxylation sites is 1. The summed E-state index contributed by atoms with van der Waals surface area (Å²) in [6.07, 6.45) is 1.96. The number of aromatic nitrogens is 3. The molecule has 3 aromatic rings. The first-order valence-corrected chi connectivity index (χ1v) is 8.09. The molecular formula is C18H20N4O3. The number of carboxylic acids is 1. The molecule has 7 nitrogen and oxygen atoms in total. The first kappa shape index (κ1) is 16.8. The van der Waals surface area contributed by atoms with Crippen molar-refractivity contribution in [1.29, 1.82) is 0 Å². The lowest BCUT2D eigenvalue weighted by Gasteiger charge is -2.13. The monoisotopic (exact) mass is 340 g/mol. The molecule has 130 valence electrons. The molecule has 0 aliphatic heterocycles. The first-order valence-electron chi connectivity index (χ1n) is 8.09. The molecule has 25 heavy (non-hydrogen) atoms. The Balaban J connectivity index is 1.77. The van der Waals surface area contributed by atoms with Gasteiger partial charge in [0.25, 0.3) is 5.91 Å². The maximum Gasteiger partial charge on any atom is 0.326 e. The third-order valence-electron chi connectivity index (χ3n) is 4.15. The van der Waals surface area contributed by atoms with E-state index >= 15 is 0 Å². The van der Waals surface area contributed by atoms with Gasteiger partial charge in [-0.25, -0.2) is 4.79 Å². The molecule has 4 N–H and O–H groups in total. The van der Waals surface area contributed by atoms with E-state index in [1.807, 2.05) is 38.1 Å². The third-order valence-corrected chi connectivity index (χ3v) is 4.15. The first-order chi connectivity index (χ1) is 12.0. The smallest absolute Gasteiger partial charge is 0.326 e. The Labute approximate surface area is 144 Å². The van der Waals surface area contributed by atoms with Gasteiger partial charge in [0.05, 0.1) is 0 Å². The van der Waals surface area contributed by atoms with Crippen LogP contribution in [0.25, 0.3) is 10.9 Å². The van der Waals surface area contributed by atoms with Crippen molar-refractivity contribution in [2.45, 2.75) is 32.2 Å². The Morgan fingerprint density at radius 3 is 2.72 bits per heavy atom. The number of carboxylic acid groups (broad SMARTS) is 1. The van der Waals surface area contributed by atoms with Gasteiger partial charge in [0, 0.05) is 29.2 Å². The van der Waals surface area contributed by atoms with Gasteiger partial charge in [-0.3, -0.25) is 9.89 Å². The van der Waals surface area contributed by atoms with E-state index < -0.39 is 17.9 Å². The minimum atomic E-state index is -1.08. The van der Waals surface area contributed by atoms with Gasteiger partial charge in [0.2, 0.25) is 0 Å². The van der Waals surface area contributed by atoms with Crippen LogP contribution in [-0.4, -0.2) is 38.2 Å². The maximum absolute atomic E-state index is 12.3. The standard InChI is InChI=1S/C18H20N4O3/c1-10(2)14-8-15(22-21-14)17(23)20-16(18(24)25)7-11-9-19-13-6-4-3-5-12(11)13/h3-6,8-10,16,19H,7H2,1-2H3,(H,20,23)(H,21,22)(H,24,25). The highest BCUT2D eigenvalue weighted by molar-refractivity contribution is 5.95. The molecule has 1 unspecified atom stereocenters. The quantitative estimate of drug-likeness (QED) is 0.552. The van der Waals surface area contributed by atoms with Crippen molar-refractivity contribution >= 4 is 22.8 Å². The highest BCUT2D eigenvalue weighted by Crippen LogP contribution is 2.19. The lowest BCUT2D eigenvalue weighted by atomic mass is 10.0. The average molecular weight is 340 g/mol. The summed E-state index contributed by atoms with van der Waals surface area (Å²) in [4.78, 5) is 27.0. The molecule has 0 fully saturated rings. The van der Waals surface area contributed by atoms with Crippen LogP contribution >= 0.6 is 0 Å². The predicted octanol–water partition coefficient (Wildman–Crippen LogP) is 2.44. The van der Waals surface area contributed by atoms with E-state index in [0.29, 0.717) is 0 Å². The van der Waals surface area contributed by atoms with E-state index in [4.69, 9.17) is 0 Å². The summed E-state index contributed by atoms with van der Waals surface area (Å²) in [7, 11) is 0. The Bertz CT molecular complexity index is 910. The fourth-order valence-corrected chi connectivity index (χ4v) is 2.70. The molecule has 0 saturated heterocycles. The summed E-state index contributed by atoms with van der Waals surface area (Å²) < 4.78 is 0. The summed E-state index contributed by atoms with van der Waals surface area (Å²) in [6.45, 7) is 3.96. The second-order valence-electron chi connectivity index (χ2n) is 6.29. The van der Waals surface area contributed by atoms with Crippen LogP contribution in [0.5, 0.6) is 0 Å². The number of hydrogen-bond acceptors (Lipinski definition) is 3. The molecule has 2 heterocycles. The molecule has 0 spiro atoms. The van der Waals surface area contributed by atoms with Crippen molar-refractivity contribution in [3.8, 4) is 0 Å². The summed E-state index contributed by atoms with van der Waals surface area (Å²) in [5.41, 5.74) is 2.79. The summed E-state index contributed by atoms with van der Waals surface area (Å²) in [5.74, 6) is -1.39. The van der Waals surface area contributed by atoms with Gasteiger partial charge in [-0.15, -0.1) is 0 Å². The van der Waals surface area contributed by atoms with Gasteiger partial charge in [0.15, 0.2) is 0 Å². The lowest BCUT2D eigenvalue weighted by Crippen LogP contribution is -2.42. The summed E-state index contributed by atoms with van der Waals surface area (Å²) in [6, 6.07) is 8.25. The van der Waals surface area contributed by atoms with Gasteiger partial charge in [0.1, 0.15) is 11.7 Å². The topological polar surface area (TPSA) is 111 Å². The number of fused-ring (bicyclic) bond motifs is 1. The zero-order valence-corrected chi connectivity index (χ0v) is 14.0. The highest BCUT2D eigenvalue weighted by Gasteiger charge is 2.23. The van der Waals surface area contributed by atoms with Crippen LogP contribution in [0.3, 0.4) is 0 Å². The number of amides is 1. The summed E-state index contributed by atoms with van der Waals surface area (Å²) in [5, 5.41) is 19.7. The second-order valence-corrected chi connectivity index (χ2v) is 6.29. The van der Waals surface area contributed by atoms with Crippen LogP contribution in [-0.2, 0) is 11.2 Å². The molecule has 1 atom stereocenters. The van der Waals surface area contributed by atoms with Crippen molar-refractivity contribution in [2.75, 3.05) is 0 Å². The van der Waals surface area contributed by atoms with E-state index in [1.54, 1.807) is 12.3 Å². The molecule has 1 aromatic carbocycles. The zero-order chi connectivity index (χ0) is 18.0. The molecule has 0 aliphatic rings. The molecule has 2 aromatic heterocycles. The molecule has 0 bridgehead atoms. The van der Waals surface area contributed by atoms with Crippen LogP contribution in [0.15, 0.2) is 36.5 Å². The maximum atomic E-state index is 12.3. The molecule has 0 aliphatic carbocycles. The van der Waals surface area contributed by atoms with Crippen molar-refractivity contribution in [2.24, 2.45) is 0 Å².